The van der Waals surface area contributed by atoms with Gasteiger partial charge in [-0.2, -0.15) is 0 Å². The summed E-state index contributed by atoms with van der Waals surface area (Å²) in [6.07, 6.45) is 2.27. The molecule has 3 atom stereocenters. The molecule has 0 spiro atoms. The van der Waals surface area contributed by atoms with E-state index in [-0.39, 0.29) is 23.5 Å². The first-order valence-electron chi connectivity index (χ1n) is 8.06. The minimum atomic E-state index is -0.323. The average molecular weight is 314 g/mol. The molecule has 120 valence electrons. The number of carbonyl (C=O) groups excluding carboxylic acids is 1. The number of furan rings is 1. The summed E-state index contributed by atoms with van der Waals surface area (Å²) in [5.41, 5.74) is 0.630. The molecule has 2 aliphatic rings. The quantitative estimate of drug-likeness (QED) is 0.947. The third kappa shape index (κ3) is 3.01. The molecule has 1 amide bonds. The number of piperidine rings is 1. The standard InChI is InChI=1S/C18H19FN2O2/c19-14-3-1-2-13(9-14)16-4-5-17(23-16)18(22)20-15-8-12-6-7-21(10-12)11-15/h1-5,9,12,15H,6-8,10-11H2,(H,20,22)/t12-,15-/m1/s1. The van der Waals surface area contributed by atoms with Crippen LogP contribution in [0.25, 0.3) is 11.3 Å². The Bertz CT molecular complexity index is 715. The second-order valence-corrected chi connectivity index (χ2v) is 6.49. The molecular weight excluding hydrogens is 295 g/mol. The third-order valence-corrected chi connectivity index (χ3v) is 4.74. The van der Waals surface area contributed by atoms with Crippen LogP contribution in [0.5, 0.6) is 0 Å². The van der Waals surface area contributed by atoms with Crippen molar-refractivity contribution in [3.8, 4) is 11.3 Å². The lowest BCUT2D eigenvalue weighted by Gasteiger charge is -2.30. The van der Waals surface area contributed by atoms with Crippen molar-refractivity contribution in [3.05, 3.63) is 48.0 Å². The Morgan fingerprint density at radius 2 is 2.17 bits per heavy atom. The average Bonchev–Trinajstić information content (AvgIpc) is 3.14. The van der Waals surface area contributed by atoms with Crippen LogP contribution in [0.3, 0.4) is 0 Å². The molecule has 0 radical (unpaired) electrons. The maximum absolute atomic E-state index is 13.3. The number of rotatable bonds is 3. The second-order valence-electron chi connectivity index (χ2n) is 6.49. The second kappa shape index (κ2) is 5.81. The fourth-order valence-electron chi connectivity index (χ4n) is 3.68. The summed E-state index contributed by atoms with van der Waals surface area (Å²) in [5.74, 6) is 0.963. The predicted octanol–water partition coefficient (Wildman–Crippen LogP) is 2.91. The molecule has 2 aromatic rings. The molecule has 5 heteroatoms. The van der Waals surface area contributed by atoms with Gasteiger partial charge in [0.2, 0.25) is 0 Å². The zero-order chi connectivity index (χ0) is 15.8. The smallest absolute Gasteiger partial charge is 0.287 e. The number of benzene rings is 1. The number of carbonyl (C=O) groups is 1. The van der Waals surface area contributed by atoms with Gasteiger partial charge >= 0.3 is 0 Å². The first-order valence-corrected chi connectivity index (χ1v) is 8.06. The minimum Gasteiger partial charge on any atom is -0.451 e. The summed E-state index contributed by atoms with van der Waals surface area (Å²) in [5, 5.41) is 3.06. The molecule has 1 unspecified atom stereocenters. The van der Waals surface area contributed by atoms with E-state index in [9.17, 15) is 9.18 Å². The van der Waals surface area contributed by atoms with E-state index in [1.54, 1.807) is 24.3 Å². The van der Waals surface area contributed by atoms with Crippen LogP contribution in [0.1, 0.15) is 23.4 Å². The normalized spacial score (nSPS) is 26.2. The SMILES string of the molecule is O=C(N[C@@H]1C[C@H]2CCN(C2)C1)c1ccc(-c2cccc(F)c2)o1. The molecule has 1 aromatic heterocycles. The number of fused-ring (bicyclic) bond motifs is 2. The van der Waals surface area contributed by atoms with Crippen LogP contribution in [0.15, 0.2) is 40.8 Å². The van der Waals surface area contributed by atoms with Gasteiger partial charge in [0.25, 0.3) is 5.91 Å². The van der Waals surface area contributed by atoms with Crippen LogP contribution in [-0.4, -0.2) is 36.5 Å². The van der Waals surface area contributed by atoms with Gasteiger partial charge in [-0.05, 0) is 49.6 Å². The third-order valence-electron chi connectivity index (χ3n) is 4.74. The molecule has 4 rings (SSSR count). The van der Waals surface area contributed by atoms with E-state index in [0.29, 0.717) is 17.2 Å². The van der Waals surface area contributed by atoms with Crippen LogP contribution < -0.4 is 5.32 Å². The zero-order valence-electron chi connectivity index (χ0n) is 12.8. The van der Waals surface area contributed by atoms with Gasteiger partial charge in [0.15, 0.2) is 5.76 Å². The fraction of sp³-hybridized carbons (Fsp3) is 0.389. The Balaban J connectivity index is 1.45. The van der Waals surface area contributed by atoms with Crippen molar-refractivity contribution in [3.63, 3.8) is 0 Å². The van der Waals surface area contributed by atoms with Crippen molar-refractivity contribution in [2.24, 2.45) is 5.92 Å². The van der Waals surface area contributed by atoms with E-state index < -0.39 is 0 Å². The monoisotopic (exact) mass is 314 g/mol. The van der Waals surface area contributed by atoms with Crippen molar-refractivity contribution in [2.75, 3.05) is 19.6 Å². The van der Waals surface area contributed by atoms with Gasteiger partial charge < -0.3 is 14.6 Å². The summed E-state index contributed by atoms with van der Waals surface area (Å²) >= 11 is 0. The molecule has 2 fully saturated rings. The Morgan fingerprint density at radius 1 is 1.26 bits per heavy atom. The van der Waals surface area contributed by atoms with Gasteiger partial charge in [-0.1, -0.05) is 12.1 Å². The summed E-state index contributed by atoms with van der Waals surface area (Å²) in [6, 6.07) is 9.70. The van der Waals surface area contributed by atoms with Gasteiger partial charge in [0, 0.05) is 24.7 Å². The van der Waals surface area contributed by atoms with Crippen molar-refractivity contribution in [1.29, 1.82) is 0 Å². The Morgan fingerprint density at radius 3 is 3.00 bits per heavy atom. The van der Waals surface area contributed by atoms with Gasteiger partial charge in [-0.3, -0.25) is 4.79 Å². The van der Waals surface area contributed by atoms with Gasteiger partial charge in [0.1, 0.15) is 11.6 Å². The number of amides is 1. The Hall–Kier alpha value is -2.14. The highest BCUT2D eigenvalue weighted by Crippen LogP contribution is 2.27. The Kier molecular flexibility index (Phi) is 3.65. The zero-order valence-corrected chi connectivity index (χ0v) is 12.8. The predicted molar refractivity (Wildman–Crippen MR) is 84.5 cm³/mol. The molecular formula is C18H19FN2O2. The van der Waals surface area contributed by atoms with E-state index in [0.717, 1.165) is 26.1 Å². The van der Waals surface area contributed by atoms with E-state index in [1.165, 1.54) is 18.6 Å². The highest BCUT2D eigenvalue weighted by Gasteiger charge is 2.33. The number of hydrogen-bond acceptors (Lipinski definition) is 3. The van der Waals surface area contributed by atoms with Gasteiger partial charge in [-0.15, -0.1) is 0 Å². The Labute approximate surface area is 134 Å². The van der Waals surface area contributed by atoms with E-state index in [4.69, 9.17) is 4.42 Å². The summed E-state index contributed by atoms with van der Waals surface area (Å²) in [7, 11) is 0. The topological polar surface area (TPSA) is 45.5 Å². The van der Waals surface area contributed by atoms with Crippen molar-refractivity contribution in [2.45, 2.75) is 18.9 Å². The molecule has 4 nitrogen and oxygen atoms in total. The minimum absolute atomic E-state index is 0.187. The van der Waals surface area contributed by atoms with E-state index >= 15 is 0 Å². The van der Waals surface area contributed by atoms with Gasteiger partial charge in [-0.25, -0.2) is 4.39 Å². The maximum atomic E-state index is 13.3. The number of nitrogens with zero attached hydrogens (tertiary/aromatic N) is 1. The van der Waals surface area contributed by atoms with Crippen LogP contribution >= 0.6 is 0 Å². The number of nitrogens with one attached hydrogen (secondary N) is 1. The van der Waals surface area contributed by atoms with E-state index in [2.05, 4.69) is 10.2 Å². The first-order chi connectivity index (χ1) is 11.2. The first kappa shape index (κ1) is 14.5. The highest BCUT2D eigenvalue weighted by molar-refractivity contribution is 5.92. The van der Waals surface area contributed by atoms with Crippen LogP contribution in [0, 0.1) is 11.7 Å². The summed E-state index contributed by atoms with van der Waals surface area (Å²) in [6.45, 7) is 3.22. The maximum Gasteiger partial charge on any atom is 0.287 e. The number of halogens is 1. The van der Waals surface area contributed by atoms with Crippen molar-refractivity contribution in [1.82, 2.24) is 10.2 Å². The molecule has 0 saturated carbocycles. The molecule has 2 bridgehead atoms. The summed E-state index contributed by atoms with van der Waals surface area (Å²) in [4.78, 5) is 14.8. The van der Waals surface area contributed by atoms with Crippen molar-refractivity contribution >= 4 is 5.91 Å². The summed E-state index contributed by atoms with van der Waals surface area (Å²) < 4.78 is 18.9. The van der Waals surface area contributed by atoms with Gasteiger partial charge in [0.05, 0.1) is 0 Å². The molecule has 0 aliphatic carbocycles. The molecule has 3 heterocycles. The van der Waals surface area contributed by atoms with Crippen LogP contribution in [-0.2, 0) is 0 Å². The molecule has 1 aromatic carbocycles. The molecule has 2 aliphatic heterocycles. The molecule has 2 saturated heterocycles. The van der Waals surface area contributed by atoms with Crippen LogP contribution in [0.4, 0.5) is 4.39 Å². The largest absolute Gasteiger partial charge is 0.451 e. The highest BCUT2D eigenvalue weighted by atomic mass is 19.1. The fourth-order valence-corrected chi connectivity index (χ4v) is 3.68. The lowest BCUT2D eigenvalue weighted by atomic mass is 9.97. The lowest BCUT2D eigenvalue weighted by Crippen LogP contribution is -2.46. The van der Waals surface area contributed by atoms with Crippen LogP contribution in [0.2, 0.25) is 0 Å². The number of hydrogen-bond donors (Lipinski definition) is 1. The van der Waals surface area contributed by atoms with E-state index in [1.807, 2.05) is 0 Å². The lowest BCUT2D eigenvalue weighted by molar-refractivity contribution is 0.0882. The molecule has 23 heavy (non-hydrogen) atoms. The molecule has 1 N–H and O–H groups in total. The van der Waals surface area contributed by atoms with Crippen molar-refractivity contribution < 1.29 is 13.6 Å².